The fourth-order valence-electron chi connectivity index (χ4n) is 3.59. The van der Waals surface area contributed by atoms with Crippen LogP contribution in [0.1, 0.15) is 18.1 Å². The lowest BCUT2D eigenvalue weighted by molar-refractivity contribution is -0.137. The van der Waals surface area contributed by atoms with Gasteiger partial charge in [-0.05, 0) is 30.5 Å². The number of rotatable bonds is 7. The van der Waals surface area contributed by atoms with Crippen LogP contribution in [0.3, 0.4) is 0 Å². The van der Waals surface area contributed by atoms with E-state index in [-0.39, 0.29) is 24.5 Å². The number of ether oxygens (including phenoxy) is 1. The molecule has 2 aromatic carbocycles. The van der Waals surface area contributed by atoms with Crippen molar-refractivity contribution in [2.24, 2.45) is 0 Å². The molecule has 1 fully saturated rings. The summed E-state index contributed by atoms with van der Waals surface area (Å²) in [6.07, 6.45) is 0.770. The highest BCUT2D eigenvalue weighted by atomic mass is 16.5. The molecule has 29 heavy (non-hydrogen) atoms. The predicted octanol–water partition coefficient (Wildman–Crippen LogP) is 2.40. The van der Waals surface area contributed by atoms with Gasteiger partial charge in [0.2, 0.25) is 11.8 Å². The Morgan fingerprint density at radius 3 is 2.34 bits per heavy atom. The summed E-state index contributed by atoms with van der Waals surface area (Å²) in [5.74, 6) is -0.0266. The van der Waals surface area contributed by atoms with Crippen molar-refractivity contribution in [2.45, 2.75) is 19.4 Å². The van der Waals surface area contributed by atoms with Gasteiger partial charge in [0.05, 0.1) is 6.04 Å². The van der Waals surface area contributed by atoms with Crippen LogP contribution in [-0.2, 0) is 20.7 Å². The summed E-state index contributed by atoms with van der Waals surface area (Å²) >= 11 is 0. The van der Waals surface area contributed by atoms with Gasteiger partial charge in [0.15, 0.2) is 0 Å². The number of hydrogen-bond acceptors (Lipinski definition) is 4. The summed E-state index contributed by atoms with van der Waals surface area (Å²) in [6, 6.07) is 17.9. The second-order valence-corrected chi connectivity index (χ2v) is 7.33. The molecule has 0 aromatic heterocycles. The molecule has 0 bridgehead atoms. The Morgan fingerprint density at radius 1 is 1.00 bits per heavy atom. The van der Waals surface area contributed by atoms with Gasteiger partial charge in [-0.1, -0.05) is 48.5 Å². The normalized spacial score (nSPS) is 15.7. The van der Waals surface area contributed by atoms with Gasteiger partial charge in [-0.2, -0.15) is 0 Å². The van der Waals surface area contributed by atoms with E-state index in [1.807, 2.05) is 49.4 Å². The van der Waals surface area contributed by atoms with Crippen molar-refractivity contribution in [3.05, 3.63) is 65.7 Å². The monoisotopic (exact) mass is 395 g/mol. The molecule has 1 unspecified atom stereocenters. The number of nitrogens with one attached hydrogen (secondary N) is 1. The zero-order valence-electron chi connectivity index (χ0n) is 17.1. The number of nitrogens with zero attached hydrogens (tertiary/aromatic N) is 2. The Kier molecular flexibility index (Phi) is 7.38. The first kappa shape index (κ1) is 21.0. The van der Waals surface area contributed by atoms with Crippen molar-refractivity contribution in [1.82, 2.24) is 9.80 Å². The third kappa shape index (κ3) is 5.65. The molecule has 1 aliphatic heterocycles. The number of piperazine rings is 1. The summed E-state index contributed by atoms with van der Waals surface area (Å²) in [5.41, 5.74) is 3.15. The highest BCUT2D eigenvalue weighted by molar-refractivity contribution is 5.95. The number of anilines is 1. The SMILES string of the molecule is COCC(=O)N1CCN(C(C)C(=O)Nc2ccccc2Cc2ccccc2)CC1. The molecule has 1 saturated heterocycles. The molecule has 154 valence electrons. The van der Waals surface area contributed by atoms with Crippen LogP contribution in [-0.4, -0.2) is 67.6 Å². The maximum absolute atomic E-state index is 12.9. The topological polar surface area (TPSA) is 61.9 Å². The minimum Gasteiger partial charge on any atom is -0.375 e. The Bertz CT molecular complexity index is 817. The van der Waals surface area contributed by atoms with E-state index in [0.717, 1.165) is 17.7 Å². The van der Waals surface area contributed by atoms with Crippen LogP contribution in [0.4, 0.5) is 5.69 Å². The first-order valence-electron chi connectivity index (χ1n) is 10.0. The van der Waals surface area contributed by atoms with Gasteiger partial charge < -0.3 is 15.0 Å². The fraction of sp³-hybridized carbons (Fsp3) is 0.391. The van der Waals surface area contributed by atoms with E-state index in [9.17, 15) is 9.59 Å². The second-order valence-electron chi connectivity index (χ2n) is 7.33. The molecule has 3 rings (SSSR count). The molecule has 1 N–H and O–H groups in total. The molecule has 6 nitrogen and oxygen atoms in total. The lowest BCUT2D eigenvalue weighted by Crippen LogP contribution is -2.54. The molecular formula is C23H29N3O3. The van der Waals surface area contributed by atoms with Crippen LogP contribution in [0.15, 0.2) is 54.6 Å². The Morgan fingerprint density at radius 2 is 1.66 bits per heavy atom. The van der Waals surface area contributed by atoms with Gasteiger partial charge in [0.25, 0.3) is 0 Å². The summed E-state index contributed by atoms with van der Waals surface area (Å²) in [7, 11) is 1.52. The van der Waals surface area contributed by atoms with Crippen LogP contribution >= 0.6 is 0 Å². The average Bonchev–Trinajstić information content (AvgIpc) is 2.75. The standard InChI is InChI=1S/C23H29N3O3/c1-18(25-12-14-26(15-13-25)22(27)17-29-2)23(28)24-21-11-7-6-10-20(21)16-19-8-4-3-5-9-19/h3-11,18H,12-17H2,1-2H3,(H,24,28). The maximum atomic E-state index is 12.9. The van der Waals surface area contributed by atoms with E-state index >= 15 is 0 Å². The van der Waals surface area contributed by atoms with Crippen LogP contribution < -0.4 is 5.32 Å². The van der Waals surface area contributed by atoms with E-state index in [0.29, 0.717) is 26.2 Å². The molecule has 2 amide bonds. The molecular weight excluding hydrogens is 366 g/mol. The number of methoxy groups -OCH3 is 1. The van der Waals surface area contributed by atoms with Gasteiger partial charge in [-0.3, -0.25) is 14.5 Å². The number of carbonyl (C=O) groups excluding carboxylic acids is 2. The van der Waals surface area contributed by atoms with E-state index in [2.05, 4.69) is 22.3 Å². The Labute approximate surface area is 172 Å². The van der Waals surface area contributed by atoms with Crippen molar-refractivity contribution in [3.63, 3.8) is 0 Å². The molecule has 6 heteroatoms. The van der Waals surface area contributed by atoms with Crippen molar-refractivity contribution in [2.75, 3.05) is 45.2 Å². The lowest BCUT2D eigenvalue weighted by Gasteiger charge is -2.37. The lowest BCUT2D eigenvalue weighted by atomic mass is 10.0. The van der Waals surface area contributed by atoms with Crippen LogP contribution in [0.5, 0.6) is 0 Å². The molecule has 0 radical (unpaired) electrons. The Hall–Kier alpha value is -2.70. The number of carbonyl (C=O) groups is 2. The molecule has 1 aliphatic rings. The number of hydrogen-bond donors (Lipinski definition) is 1. The van der Waals surface area contributed by atoms with Crippen molar-refractivity contribution < 1.29 is 14.3 Å². The first-order chi connectivity index (χ1) is 14.1. The largest absolute Gasteiger partial charge is 0.375 e. The van der Waals surface area contributed by atoms with E-state index in [4.69, 9.17) is 4.74 Å². The average molecular weight is 396 g/mol. The molecule has 2 aromatic rings. The highest BCUT2D eigenvalue weighted by Gasteiger charge is 2.27. The van der Waals surface area contributed by atoms with Gasteiger partial charge in [0.1, 0.15) is 6.61 Å². The van der Waals surface area contributed by atoms with Crippen molar-refractivity contribution in [3.8, 4) is 0 Å². The summed E-state index contributed by atoms with van der Waals surface area (Å²) < 4.78 is 4.92. The quantitative estimate of drug-likeness (QED) is 0.782. The molecule has 0 spiro atoms. The summed E-state index contributed by atoms with van der Waals surface area (Å²) in [4.78, 5) is 28.7. The zero-order chi connectivity index (χ0) is 20.6. The van der Waals surface area contributed by atoms with Crippen molar-refractivity contribution in [1.29, 1.82) is 0 Å². The summed E-state index contributed by atoms with van der Waals surface area (Å²) in [5, 5.41) is 3.10. The second kappa shape index (κ2) is 10.2. The smallest absolute Gasteiger partial charge is 0.248 e. The third-order valence-electron chi connectivity index (χ3n) is 5.37. The van der Waals surface area contributed by atoms with E-state index in [1.165, 1.54) is 12.7 Å². The molecule has 0 aliphatic carbocycles. The van der Waals surface area contributed by atoms with Crippen molar-refractivity contribution >= 4 is 17.5 Å². The summed E-state index contributed by atoms with van der Waals surface area (Å²) in [6.45, 7) is 4.61. The number of amides is 2. The fourth-order valence-corrected chi connectivity index (χ4v) is 3.59. The third-order valence-corrected chi connectivity index (χ3v) is 5.37. The molecule has 1 heterocycles. The van der Waals surface area contributed by atoms with Gasteiger partial charge in [-0.15, -0.1) is 0 Å². The van der Waals surface area contributed by atoms with E-state index < -0.39 is 0 Å². The van der Waals surface area contributed by atoms with Gasteiger partial charge in [-0.25, -0.2) is 0 Å². The highest BCUT2D eigenvalue weighted by Crippen LogP contribution is 2.20. The van der Waals surface area contributed by atoms with Gasteiger partial charge >= 0.3 is 0 Å². The van der Waals surface area contributed by atoms with Crippen LogP contribution in [0.25, 0.3) is 0 Å². The predicted molar refractivity (Wildman–Crippen MR) is 114 cm³/mol. The zero-order valence-corrected chi connectivity index (χ0v) is 17.1. The minimum absolute atomic E-state index is 0.000839. The minimum atomic E-state index is -0.264. The van der Waals surface area contributed by atoms with Gasteiger partial charge in [0, 0.05) is 39.0 Å². The van der Waals surface area contributed by atoms with E-state index in [1.54, 1.807) is 4.90 Å². The van der Waals surface area contributed by atoms with Crippen LogP contribution in [0.2, 0.25) is 0 Å². The van der Waals surface area contributed by atoms with Crippen LogP contribution in [0, 0.1) is 0 Å². The Balaban J connectivity index is 1.59. The number of para-hydroxylation sites is 1. The number of benzene rings is 2. The molecule has 1 atom stereocenters. The maximum Gasteiger partial charge on any atom is 0.248 e. The first-order valence-corrected chi connectivity index (χ1v) is 10.0. The molecule has 0 saturated carbocycles.